The highest BCUT2D eigenvalue weighted by Crippen LogP contribution is 2.61. The Morgan fingerprint density at radius 2 is 2.00 bits per heavy atom. The van der Waals surface area contributed by atoms with Crippen LogP contribution in [0.2, 0.25) is 0 Å². The first-order valence-corrected chi connectivity index (χ1v) is 13.1. The highest BCUT2D eigenvalue weighted by Gasteiger charge is 2.56. The average molecular weight is 508 g/mol. The van der Waals surface area contributed by atoms with E-state index in [-0.39, 0.29) is 48.7 Å². The molecule has 1 aliphatic carbocycles. The lowest BCUT2D eigenvalue weighted by molar-refractivity contribution is -0.131. The maximum atomic E-state index is 13.2. The van der Waals surface area contributed by atoms with Crippen LogP contribution in [-0.2, 0) is 22.9 Å². The van der Waals surface area contributed by atoms with Gasteiger partial charge in [-0.3, -0.25) is 23.2 Å². The Morgan fingerprint density at radius 3 is 2.86 bits per heavy atom. The monoisotopic (exact) mass is 508 g/mol. The van der Waals surface area contributed by atoms with Crippen LogP contribution in [0.5, 0.6) is 17.2 Å². The van der Waals surface area contributed by atoms with E-state index in [1.807, 2.05) is 0 Å². The Bertz CT molecular complexity index is 1170. The van der Waals surface area contributed by atoms with E-state index in [0.29, 0.717) is 24.1 Å². The molecule has 188 valence electrons. The Kier molecular flexibility index (Phi) is 5.53. The van der Waals surface area contributed by atoms with Crippen LogP contribution in [0.3, 0.4) is 0 Å². The Hall–Kier alpha value is -2.63. The fourth-order valence-corrected chi connectivity index (χ4v) is 6.78. The van der Waals surface area contributed by atoms with Gasteiger partial charge >= 0.3 is 7.82 Å². The van der Waals surface area contributed by atoms with E-state index in [1.54, 1.807) is 11.0 Å². The zero-order valence-corrected chi connectivity index (χ0v) is 19.6. The number of aliphatic hydroxyl groups is 1. The molecule has 6 rings (SSSR count). The number of phosphoric acid groups is 1. The van der Waals surface area contributed by atoms with Gasteiger partial charge in [0.25, 0.3) is 5.91 Å². The smallest absolute Gasteiger partial charge is 0.475 e. The zero-order chi connectivity index (χ0) is 24.3. The normalized spacial score (nSPS) is 33.4. The van der Waals surface area contributed by atoms with Crippen molar-refractivity contribution in [2.45, 2.75) is 50.0 Å². The Morgan fingerprint density at radius 1 is 1.17 bits per heavy atom. The molecule has 13 heteroatoms. The van der Waals surface area contributed by atoms with Crippen molar-refractivity contribution in [3.8, 4) is 17.2 Å². The number of phenolic OH excluding ortho intramolecular Hbond substituents is 1. The third-order valence-corrected chi connectivity index (χ3v) is 8.42. The number of likely N-dealkylation sites (tertiary alicyclic amines) is 1. The van der Waals surface area contributed by atoms with Crippen LogP contribution in [-0.4, -0.2) is 77.8 Å². The molecule has 0 spiro atoms. The number of phosphoric ester groups is 1. The van der Waals surface area contributed by atoms with Crippen LogP contribution in [0.25, 0.3) is 5.57 Å². The summed E-state index contributed by atoms with van der Waals surface area (Å²) < 4.78 is 40.6. The van der Waals surface area contributed by atoms with Crippen LogP contribution in [0.15, 0.2) is 12.1 Å². The number of amides is 2. The molecular weight excluding hydrogens is 483 g/mol. The van der Waals surface area contributed by atoms with Crippen LogP contribution >= 0.6 is 7.82 Å². The molecule has 0 saturated carbocycles. The van der Waals surface area contributed by atoms with Gasteiger partial charge in [-0.05, 0) is 30.6 Å². The molecule has 5 aliphatic rings. The summed E-state index contributed by atoms with van der Waals surface area (Å²) in [7, 11) is -4.08. The summed E-state index contributed by atoms with van der Waals surface area (Å²) >= 11 is 0. The Labute approximate surface area is 200 Å². The van der Waals surface area contributed by atoms with Gasteiger partial charge in [0.05, 0.1) is 18.2 Å². The van der Waals surface area contributed by atoms with Crippen molar-refractivity contribution in [3.05, 3.63) is 23.3 Å². The van der Waals surface area contributed by atoms with Gasteiger partial charge in [-0.2, -0.15) is 0 Å². The maximum absolute atomic E-state index is 13.2. The number of fused-ring (bicyclic) bond motifs is 6. The molecule has 1 aromatic rings. The Balaban J connectivity index is 1.21. The van der Waals surface area contributed by atoms with E-state index in [9.17, 15) is 24.4 Å². The van der Waals surface area contributed by atoms with E-state index in [1.165, 1.54) is 6.08 Å². The number of nitrogens with zero attached hydrogens (tertiary/aromatic N) is 1. The predicted molar refractivity (Wildman–Crippen MR) is 118 cm³/mol. The van der Waals surface area contributed by atoms with Crippen molar-refractivity contribution in [2.75, 3.05) is 26.5 Å². The molecule has 0 bridgehead atoms. The SMILES string of the molecule is O=C1N[C@@H]2C(=C[C@H](O)[C@H]3OP(=O)(OCCN4CCCCCC4=O)O[C@H]32)c2cc3c(c(O)c21)OCO3. The second kappa shape index (κ2) is 8.49. The highest BCUT2D eigenvalue weighted by molar-refractivity contribution is 7.48. The van der Waals surface area contributed by atoms with Crippen molar-refractivity contribution < 1.29 is 47.4 Å². The first-order chi connectivity index (χ1) is 16.8. The highest BCUT2D eigenvalue weighted by atomic mass is 31.2. The fraction of sp³-hybridized carbons (Fsp3) is 0.545. The van der Waals surface area contributed by atoms with Gasteiger partial charge in [-0.25, -0.2) is 4.57 Å². The standard InChI is InChI=1S/C22H25N2O10P/c25-13-8-12-11-9-14-20(31-10-30-14)18(27)16(11)22(28)23-17(12)21-19(13)33-35(29,34-21)32-7-6-24-5-3-1-2-4-15(24)26/h8-9,13,17,19,21,25,27H,1-7,10H2,(H,23,28)/t13-,17+,19+,21-,35?/m0/s1. The molecule has 2 saturated heterocycles. The second-order valence-corrected chi connectivity index (χ2v) is 10.6. The van der Waals surface area contributed by atoms with Crippen LogP contribution < -0.4 is 14.8 Å². The molecule has 5 atom stereocenters. The summed E-state index contributed by atoms with van der Waals surface area (Å²) in [6.45, 7) is 0.709. The molecule has 1 unspecified atom stereocenters. The number of aliphatic hydroxyl groups excluding tert-OH is 1. The lowest BCUT2D eigenvalue weighted by Crippen LogP contribution is -2.55. The molecule has 0 radical (unpaired) electrons. The largest absolute Gasteiger partial charge is 0.504 e. The quantitative estimate of drug-likeness (QED) is 0.507. The minimum atomic E-state index is -4.08. The number of ether oxygens (including phenoxy) is 2. The summed E-state index contributed by atoms with van der Waals surface area (Å²) in [5.41, 5.74) is 0.806. The average Bonchev–Trinajstić information content (AvgIpc) is 3.38. The lowest BCUT2D eigenvalue weighted by atomic mass is 9.79. The molecule has 4 heterocycles. The second-order valence-electron chi connectivity index (χ2n) is 9.06. The molecule has 12 nitrogen and oxygen atoms in total. The first-order valence-electron chi connectivity index (χ1n) is 11.6. The number of rotatable bonds is 4. The predicted octanol–water partition coefficient (Wildman–Crippen LogP) is 1.30. The van der Waals surface area contributed by atoms with Crippen molar-refractivity contribution in [1.29, 1.82) is 0 Å². The van der Waals surface area contributed by atoms with Crippen molar-refractivity contribution in [1.82, 2.24) is 10.2 Å². The van der Waals surface area contributed by atoms with Gasteiger partial charge < -0.3 is 29.9 Å². The van der Waals surface area contributed by atoms with Crippen molar-refractivity contribution in [2.24, 2.45) is 0 Å². The molecule has 3 N–H and O–H groups in total. The van der Waals surface area contributed by atoms with E-state index < -0.39 is 38.1 Å². The first kappa shape index (κ1) is 22.8. The van der Waals surface area contributed by atoms with Gasteiger partial charge in [-0.1, -0.05) is 6.42 Å². The van der Waals surface area contributed by atoms with E-state index in [2.05, 4.69) is 5.32 Å². The van der Waals surface area contributed by atoms with E-state index >= 15 is 0 Å². The summed E-state index contributed by atoms with van der Waals surface area (Å²) in [4.78, 5) is 26.8. The molecule has 4 aliphatic heterocycles. The third-order valence-electron chi connectivity index (χ3n) is 6.92. The van der Waals surface area contributed by atoms with Gasteiger partial charge in [0.15, 0.2) is 11.5 Å². The van der Waals surface area contributed by atoms with Gasteiger partial charge in [-0.15, -0.1) is 0 Å². The number of hydrogen-bond acceptors (Lipinski definition) is 10. The summed E-state index contributed by atoms with van der Waals surface area (Å²) in [5, 5.41) is 24.1. The summed E-state index contributed by atoms with van der Waals surface area (Å²) in [5.74, 6) is -0.562. The van der Waals surface area contributed by atoms with Crippen molar-refractivity contribution in [3.63, 3.8) is 0 Å². The molecule has 1 aromatic carbocycles. The summed E-state index contributed by atoms with van der Waals surface area (Å²) in [6.07, 6.45) is 1.44. The molecule has 0 aromatic heterocycles. The number of benzene rings is 1. The molecule has 2 amide bonds. The number of carbonyl (C=O) groups is 2. The van der Waals surface area contributed by atoms with E-state index in [0.717, 1.165) is 19.3 Å². The van der Waals surface area contributed by atoms with Crippen LogP contribution in [0.4, 0.5) is 0 Å². The molecule has 35 heavy (non-hydrogen) atoms. The number of nitrogens with one attached hydrogen (secondary N) is 1. The zero-order valence-electron chi connectivity index (χ0n) is 18.7. The van der Waals surface area contributed by atoms with Crippen molar-refractivity contribution >= 4 is 25.2 Å². The number of phenols is 1. The number of hydrogen-bond donors (Lipinski definition) is 3. The maximum Gasteiger partial charge on any atom is 0.475 e. The van der Waals surface area contributed by atoms with Crippen LogP contribution in [0.1, 0.15) is 41.6 Å². The number of aromatic hydroxyl groups is 1. The minimum Gasteiger partial charge on any atom is -0.504 e. The van der Waals surface area contributed by atoms with Crippen LogP contribution in [0, 0.1) is 0 Å². The molecule has 2 fully saturated rings. The van der Waals surface area contributed by atoms with E-state index in [4.69, 9.17) is 23.0 Å². The van der Waals surface area contributed by atoms with Gasteiger partial charge in [0, 0.05) is 25.1 Å². The topological polar surface area (TPSA) is 153 Å². The van der Waals surface area contributed by atoms with Gasteiger partial charge in [0.2, 0.25) is 18.4 Å². The summed E-state index contributed by atoms with van der Waals surface area (Å²) in [6, 6.07) is 0.751. The number of carbonyl (C=O) groups excluding carboxylic acids is 2. The third kappa shape index (κ3) is 3.80. The molecular formula is C22H25N2O10P. The minimum absolute atomic E-state index is 0.0112. The fourth-order valence-electron chi connectivity index (χ4n) is 5.22. The van der Waals surface area contributed by atoms with Gasteiger partial charge in [0.1, 0.15) is 18.3 Å². The lowest BCUT2D eigenvalue weighted by Gasteiger charge is -2.38.